The van der Waals surface area contributed by atoms with Crippen LogP contribution in [-0.2, 0) is 23.9 Å². The summed E-state index contributed by atoms with van der Waals surface area (Å²) in [5.41, 5.74) is 7.31. The number of nitrogens with zero attached hydrogens (tertiary/aromatic N) is 2. The Labute approximate surface area is 236 Å². The smallest absolute Gasteiger partial charge is 0.416 e. The zero-order valence-corrected chi connectivity index (χ0v) is 23.3. The molecule has 1 saturated carbocycles. The number of aromatic nitrogens is 1. The van der Waals surface area contributed by atoms with E-state index in [1.807, 2.05) is 0 Å². The number of nitrogens with one attached hydrogen (secondary N) is 2. The molecule has 8 nitrogen and oxygen atoms in total. The first-order valence-electron chi connectivity index (χ1n) is 13.5. The van der Waals surface area contributed by atoms with Gasteiger partial charge in [-0.3, -0.25) is 4.79 Å². The number of anilines is 1. The quantitative estimate of drug-likeness (QED) is 0.340. The summed E-state index contributed by atoms with van der Waals surface area (Å²) in [6.45, 7) is 5.67. The molecule has 2 aromatic carbocycles. The number of rotatable bonds is 6. The topological polar surface area (TPSA) is 122 Å². The Bertz CT molecular complexity index is 1460. The van der Waals surface area contributed by atoms with Gasteiger partial charge < -0.3 is 25.7 Å². The number of benzene rings is 2. The van der Waals surface area contributed by atoms with Gasteiger partial charge in [0.25, 0.3) is 5.91 Å². The second-order valence-electron chi connectivity index (χ2n) is 11.4. The number of nitrogens with two attached hydrogens (primary N) is 1. The van der Waals surface area contributed by atoms with Crippen LogP contribution in [-0.4, -0.2) is 34.3 Å². The summed E-state index contributed by atoms with van der Waals surface area (Å²) in [5, 5.41) is 16.0. The SMILES string of the molecule is CC(C)(C)OC(=O)NC1CCC(NC(=O)c2c(N)c3ccc(C#N)cc3n2CCc2ccc(C(F)(F)F)cc2)CC1. The summed E-state index contributed by atoms with van der Waals surface area (Å²) in [6, 6.07) is 11.8. The monoisotopic (exact) mass is 569 g/mol. The molecule has 1 fully saturated rings. The standard InChI is InChI=1S/C30H34F3N5O3/c1-29(2,3)41-28(40)37-22-11-9-21(10-12-22)36-27(39)26-25(35)23-13-6-19(17-34)16-24(23)38(26)15-14-18-4-7-20(8-5-18)30(31,32)33/h4-8,13,16,21-22H,9-12,14-15,35H2,1-3H3,(H,36,39)(H,37,40). The first kappa shape index (κ1) is 29.8. The van der Waals surface area contributed by atoms with Crippen molar-refractivity contribution in [3.8, 4) is 6.07 Å². The molecule has 1 aromatic heterocycles. The maximum Gasteiger partial charge on any atom is 0.416 e. The van der Waals surface area contributed by atoms with E-state index in [1.54, 1.807) is 43.5 Å². The molecule has 218 valence electrons. The average molecular weight is 570 g/mol. The summed E-state index contributed by atoms with van der Waals surface area (Å²) in [4.78, 5) is 25.7. The van der Waals surface area contributed by atoms with Crippen molar-refractivity contribution in [2.45, 2.75) is 83.3 Å². The van der Waals surface area contributed by atoms with Gasteiger partial charge in [0.2, 0.25) is 0 Å². The lowest BCUT2D eigenvalue weighted by Gasteiger charge is -2.30. The number of nitriles is 1. The Balaban J connectivity index is 1.50. The second kappa shape index (κ2) is 11.7. The van der Waals surface area contributed by atoms with Gasteiger partial charge in [-0.05, 0) is 88.8 Å². The Morgan fingerprint density at radius 2 is 1.63 bits per heavy atom. The van der Waals surface area contributed by atoms with Crippen LogP contribution >= 0.6 is 0 Å². The van der Waals surface area contributed by atoms with Crippen molar-refractivity contribution >= 4 is 28.6 Å². The Kier molecular flexibility index (Phi) is 8.52. The molecule has 11 heteroatoms. The van der Waals surface area contributed by atoms with Gasteiger partial charge in [-0.1, -0.05) is 12.1 Å². The van der Waals surface area contributed by atoms with Crippen molar-refractivity contribution in [3.63, 3.8) is 0 Å². The fraction of sp³-hybridized carbons (Fsp3) is 0.433. The summed E-state index contributed by atoms with van der Waals surface area (Å²) in [6.07, 6.45) is -1.91. The van der Waals surface area contributed by atoms with Crippen LogP contribution < -0.4 is 16.4 Å². The average Bonchev–Trinajstić information content (AvgIpc) is 3.17. The summed E-state index contributed by atoms with van der Waals surface area (Å²) >= 11 is 0. The van der Waals surface area contributed by atoms with Crippen molar-refractivity contribution in [3.05, 3.63) is 64.8 Å². The third-order valence-electron chi connectivity index (χ3n) is 7.14. The molecule has 0 spiro atoms. The molecule has 0 bridgehead atoms. The highest BCUT2D eigenvalue weighted by Crippen LogP contribution is 2.32. The van der Waals surface area contributed by atoms with Gasteiger partial charge >= 0.3 is 12.3 Å². The molecule has 0 atom stereocenters. The fourth-order valence-electron chi connectivity index (χ4n) is 5.13. The number of carbonyl (C=O) groups excluding carboxylic acids is 2. The highest BCUT2D eigenvalue weighted by atomic mass is 19.4. The van der Waals surface area contributed by atoms with Crippen molar-refractivity contribution < 1.29 is 27.5 Å². The minimum absolute atomic E-state index is 0.0531. The number of hydrogen-bond donors (Lipinski definition) is 3. The van der Waals surface area contributed by atoms with Gasteiger partial charge in [0.1, 0.15) is 11.3 Å². The molecule has 1 aliphatic rings. The summed E-state index contributed by atoms with van der Waals surface area (Å²) in [7, 11) is 0. The third-order valence-corrected chi connectivity index (χ3v) is 7.14. The second-order valence-corrected chi connectivity index (χ2v) is 11.4. The lowest BCUT2D eigenvalue weighted by molar-refractivity contribution is -0.137. The van der Waals surface area contributed by atoms with Crippen LogP contribution in [0.4, 0.5) is 23.7 Å². The first-order valence-corrected chi connectivity index (χ1v) is 13.5. The lowest BCUT2D eigenvalue weighted by Crippen LogP contribution is -2.45. The number of aryl methyl sites for hydroxylation is 2. The number of alkyl carbamates (subject to hydrolysis) is 1. The number of halogens is 3. The van der Waals surface area contributed by atoms with E-state index < -0.39 is 23.4 Å². The van der Waals surface area contributed by atoms with Crippen LogP contribution in [0.3, 0.4) is 0 Å². The summed E-state index contributed by atoms with van der Waals surface area (Å²) in [5.74, 6) is -0.367. The van der Waals surface area contributed by atoms with Gasteiger partial charge in [0.15, 0.2) is 0 Å². The number of ether oxygens (including phenoxy) is 1. The Hall–Kier alpha value is -4.20. The van der Waals surface area contributed by atoms with Crippen molar-refractivity contribution in [1.29, 1.82) is 5.26 Å². The lowest BCUT2D eigenvalue weighted by atomic mass is 9.91. The molecule has 0 radical (unpaired) electrons. The van der Waals surface area contributed by atoms with E-state index in [2.05, 4.69) is 16.7 Å². The minimum atomic E-state index is -4.42. The predicted molar refractivity (Wildman–Crippen MR) is 149 cm³/mol. The van der Waals surface area contributed by atoms with Crippen LogP contribution in [0.5, 0.6) is 0 Å². The van der Waals surface area contributed by atoms with Crippen molar-refractivity contribution in [1.82, 2.24) is 15.2 Å². The molecular weight excluding hydrogens is 535 g/mol. The molecule has 4 rings (SSSR count). The van der Waals surface area contributed by atoms with E-state index >= 15 is 0 Å². The van der Waals surface area contributed by atoms with Crippen LogP contribution in [0, 0.1) is 11.3 Å². The van der Waals surface area contributed by atoms with Gasteiger partial charge in [0, 0.05) is 24.0 Å². The molecular formula is C30H34F3N5O3. The molecule has 0 saturated heterocycles. The highest BCUT2D eigenvalue weighted by Gasteiger charge is 2.30. The van der Waals surface area contributed by atoms with E-state index in [-0.39, 0.29) is 35.9 Å². The highest BCUT2D eigenvalue weighted by molar-refractivity contribution is 6.08. The molecule has 0 unspecified atom stereocenters. The van der Waals surface area contributed by atoms with Crippen LogP contribution in [0.2, 0.25) is 0 Å². The molecule has 4 N–H and O–H groups in total. The van der Waals surface area contributed by atoms with Crippen molar-refractivity contribution in [2.75, 3.05) is 5.73 Å². The summed E-state index contributed by atoms with van der Waals surface area (Å²) < 4.78 is 46.0. The number of nitrogen functional groups attached to an aromatic ring is 1. The zero-order chi connectivity index (χ0) is 29.9. The molecule has 1 heterocycles. The Morgan fingerprint density at radius 1 is 1.02 bits per heavy atom. The van der Waals surface area contributed by atoms with E-state index in [0.29, 0.717) is 54.1 Å². The van der Waals surface area contributed by atoms with Gasteiger partial charge in [-0.25, -0.2) is 4.79 Å². The number of carbonyl (C=O) groups is 2. The Morgan fingerprint density at radius 3 is 2.20 bits per heavy atom. The number of alkyl halides is 3. The third kappa shape index (κ3) is 7.31. The van der Waals surface area contributed by atoms with Gasteiger partial charge in [-0.2, -0.15) is 18.4 Å². The predicted octanol–water partition coefficient (Wildman–Crippen LogP) is 5.92. The zero-order valence-electron chi connectivity index (χ0n) is 23.3. The largest absolute Gasteiger partial charge is 0.444 e. The maximum absolute atomic E-state index is 13.6. The van der Waals surface area contributed by atoms with E-state index in [4.69, 9.17) is 10.5 Å². The normalized spacial score (nSPS) is 17.6. The molecule has 2 amide bonds. The van der Waals surface area contributed by atoms with Crippen LogP contribution in [0.1, 0.15) is 73.6 Å². The van der Waals surface area contributed by atoms with Crippen LogP contribution in [0.25, 0.3) is 10.9 Å². The fourth-order valence-corrected chi connectivity index (χ4v) is 5.13. The van der Waals surface area contributed by atoms with E-state index in [9.17, 15) is 28.0 Å². The maximum atomic E-state index is 13.6. The first-order chi connectivity index (χ1) is 19.2. The van der Waals surface area contributed by atoms with Crippen molar-refractivity contribution in [2.24, 2.45) is 0 Å². The minimum Gasteiger partial charge on any atom is -0.444 e. The molecule has 1 aliphatic carbocycles. The van der Waals surface area contributed by atoms with E-state index in [1.165, 1.54) is 12.1 Å². The number of fused-ring (bicyclic) bond motifs is 1. The number of amides is 2. The van der Waals surface area contributed by atoms with Crippen LogP contribution in [0.15, 0.2) is 42.5 Å². The van der Waals surface area contributed by atoms with Gasteiger partial charge in [-0.15, -0.1) is 0 Å². The molecule has 0 aliphatic heterocycles. The number of hydrogen-bond acceptors (Lipinski definition) is 5. The molecule has 3 aromatic rings. The van der Waals surface area contributed by atoms with Gasteiger partial charge in [0.05, 0.1) is 28.4 Å². The van der Waals surface area contributed by atoms with E-state index in [0.717, 1.165) is 12.1 Å². The molecule has 41 heavy (non-hydrogen) atoms.